The van der Waals surface area contributed by atoms with Crippen LogP contribution in [0.15, 0.2) is 53.4 Å². The number of carbonyl (C=O) groups excluding carboxylic acids is 1. The third kappa shape index (κ3) is 4.65. The lowest BCUT2D eigenvalue weighted by Gasteiger charge is -2.13. The van der Waals surface area contributed by atoms with Crippen LogP contribution in [0.3, 0.4) is 0 Å². The lowest BCUT2D eigenvalue weighted by atomic mass is 10.1. The molecule has 0 aliphatic rings. The highest BCUT2D eigenvalue weighted by Crippen LogP contribution is 2.24. The maximum Gasteiger partial charge on any atom is 0.261 e. The maximum atomic E-state index is 12.6. The number of rotatable bonds is 6. The van der Waals surface area contributed by atoms with Crippen molar-refractivity contribution in [2.24, 2.45) is 7.05 Å². The Labute approximate surface area is 170 Å². The summed E-state index contributed by atoms with van der Waals surface area (Å²) in [4.78, 5) is 12.7. The Bertz CT molecular complexity index is 1150. The van der Waals surface area contributed by atoms with Crippen molar-refractivity contribution in [1.29, 1.82) is 0 Å². The highest BCUT2D eigenvalue weighted by Gasteiger charge is 2.17. The first-order valence-electron chi connectivity index (χ1n) is 9.15. The summed E-state index contributed by atoms with van der Waals surface area (Å²) >= 11 is 0. The third-order valence-corrected chi connectivity index (χ3v) is 6.20. The average Bonchev–Trinajstić information content (AvgIpc) is 2.91. The molecule has 2 aromatic carbocycles. The van der Waals surface area contributed by atoms with E-state index < -0.39 is 10.0 Å². The van der Waals surface area contributed by atoms with Crippen LogP contribution in [0.25, 0.3) is 0 Å². The molecular formula is C21H24N4O3S. The number of sulfonamides is 1. The zero-order chi connectivity index (χ0) is 21.2. The summed E-state index contributed by atoms with van der Waals surface area (Å²) in [7, 11) is -1.87. The highest BCUT2D eigenvalue weighted by atomic mass is 32.2. The van der Waals surface area contributed by atoms with Gasteiger partial charge < -0.3 is 5.32 Å². The Morgan fingerprint density at radius 1 is 1.07 bits per heavy atom. The largest absolute Gasteiger partial charge is 0.326 e. The molecule has 0 unspecified atom stereocenters. The highest BCUT2D eigenvalue weighted by molar-refractivity contribution is 7.92. The van der Waals surface area contributed by atoms with Crippen molar-refractivity contribution in [2.45, 2.75) is 32.1 Å². The quantitative estimate of drug-likeness (QED) is 0.649. The summed E-state index contributed by atoms with van der Waals surface area (Å²) < 4.78 is 29.5. The molecular weight excluding hydrogens is 388 g/mol. The van der Waals surface area contributed by atoms with Crippen LogP contribution in [0.1, 0.15) is 22.5 Å². The monoisotopic (exact) mass is 412 g/mol. The van der Waals surface area contributed by atoms with Crippen molar-refractivity contribution in [1.82, 2.24) is 9.78 Å². The first-order valence-corrected chi connectivity index (χ1v) is 10.6. The van der Waals surface area contributed by atoms with Crippen molar-refractivity contribution < 1.29 is 13.2 Å². The van der Waals surface area contributed by atoms with Gasteiger partial charge >= 0.3 is 0 Å². The van der Waals surface area contributed by atoms with Gasteiger partial charge in [-0.3, -0.25) is 14.2 Å². The molecule has 0 saturated heterocycles. The molecule has 0 atom stereocenters. The van der Waals surface area contributed by atoms with Crippen molar-refractivity contribution in [2.75, 3.05) is 10.0 Å². The summed E-state index contributed by atoms with van der Waals surface area (Å²) in [6.45, 7) is 5.60. The summed E-state index contributed by atoms with van der Waals surface area (Å²) in [5.41, 5.74) is 4.34. The number of aryl methyl sites for hydroxylation is 3. The van der Waals surface area contributed by atoms with Crippen LogP contribution >= 0.6 is 0 Å². The van der Waals surface area contributed by atoms with E-state index in [0.29, 0.717) is 11.4 Å². The fraction of sp³-hybridized carbons (Fsp3) is 0.238. The molecule has 0 aliphatic heterocycles. The van der Waals surface area contributed by atoms with E-state index in [1.54, 1.807) is 48.0 Å². The molecule has 1 aromatic heterocycles. The van der Waals surface area contributed by atoms with Crippen LogP contribution < -0.4 is 10.0 Å². The SMILES string of the molecule is Cc1ccc(NC(=O)Cc2c(C)nn(C)c2C)cc1NS(=O)(=O)c1ccccc1. The number of hydrogen-bond donors (Lipinski definition) is 2. The maximum absolute atomic E-state index is 12.6. The lowest BCUT2D eigenvalue weighted by Crippen LogP contribution is -2.17. The topological polar surface area (TPSA) is 93.1 Å². The predicted octanol–water partition coefficient (Wildman–Crippen LogP) is 3.33. The van der Waals surface area contributed by atoms with E-state index in [0.717, 1.165) is 22.5 Å². The van der Waals surface area contributed by atoms with Gasteiger partial charge in [-0.05, 0) is 50.6 Å². The first-order chi connectivity index (χ1) is 13.7. The van der Waals surface area contributed by atoms with E-state index in [2.05, 4.69) is 15.1 Å². The summed E-state index contributed by atoms with van der Waals surface area (Å²) in [6.07, 6.45) is 0.199. The number of nitrogens with zero attached hydrogens (tertiary/aromatic N) is 2. The normalized spacial score (nSPS) is 11.3. The molecule has 0 bridgehead atoms. The minimum Gasteiger partial charge on any atom is -0.326 e. The van der Waals surface area contributed by atoms with Gasteiger partial charge in [-0.2, -0.15) is 5.10 Å². The number of carbonyl (C=O) groups is 1. The molecule has 152 valence electrons. The van der Waals surface area contributed by atoms with Gasteiger partial charge in [0, 0.05) is 24.0 Å². The zero-order valence-electron chi connectivity index (χ0n) is 16.9. The summed E-state index contributed by atoms with van der Waals surface area (Å²) in [6, 6.07) is 13.3. The summed E-state index contributed by atoms with van der Waals surface area (Å²) in [5.74, 6) is -0.190. The molecule has 3 aromatic rings. The van der Waals surface area contributed by atoms with E-state index >= 15 is 0 Å². The molecule has 2 N–H and O–H groups in total. The molecule has 1 amide bonds. The van der Waals surface area contributed by atoms with Crippen molar-refractivity contribution in [3.63, 3.8) is 0 Å². The lowest BCUT2D eigenvalue weighted by molar-refractivity contribution is -0.115. The Balaban J connectivity index is 1.78. The Morgan fingerprint density at radius 2 is 1.76 bits per heavy atom. The molecule has 0 spiro atoms. The first kappa shape index (κ1) is 20.6. The molecule has 3 rings (SSSR count). The van der Waals surface area contributed by atoms with Gasteiger partial charge in [0.2, 0.25) is 5.91 Å². The van der Waals surface area contributed by atoms with E-state index in [4.69, 9.17) is 0 Å². The number of hydrogen-bond acceptors (Lipinski definition) is 4. The molecule has 29 heavy (non-hydrogen) atoms. The standard InChI is InChI=1S/C21H24N4O3S/c1-14-10-11-17(22-21(26)13-19-15(2)23-25(4)16(19)3)12-20(14)24-29(27,28)18-8-6-5-7-9-18/h5-12,24H,13H2,1-4H3,(H,22,26). The second kappa shape index (κ2) is 8.08. The van der Waals surface area contributed by atoms with E-state index in [9.17, 15) is 13.2 Å². The van der Waals surface area contributed by atoms with Gasteiger partial charge in [0.25, 0.3) is 10.0 Å². The van der Waals surface area contributed by atoms with Gasteiger partial charge in [0.05, 0.1) is 22.7 Å². The Kier molecular flexibility index (Phi) is 5.74. The fourth-order valence-electron chi connectivity index (χ4n) is 3.05. The number of nitrogens with one attached hydrogen (secondary N) is 2. The van der Waals surface area contributed by atoms with E-state index in [1.165, 1.54) is 12.1 Å². The molecule has 1 heterocycles. The molecule has 8 heteroatoms. The van der Waals surface area contributed by atoms with Crippen molar-refractivity contribution in [3.8, 4) is 0 Å². The van der Waals surface area contributed by atoms with Crippen LogP contribution in [-0.4, -0.2) is 24.1 Å². The van der Waals surface area contributed by atoms with Gasteiger partial charge in [-0.1, -0.05) is 24.3 Å². The van der Waals surface area contributed by atoms with Gasteiger partial charge in [0.15, 0.2) is 0 Å². The van der Waals surface area contributed by atoms with Crippen molar-refractivity contribution in [3.05, 3.63) is 71.0 Å². The molecule has 0 aliphatic carbocycles. The van der Waals surface area contributed by atoms with Crippen molar-refractivity contribution >= 4 is 27.3 Å². The van der Waals surface area contributed by atoms with Gasteiger partial charge in [-0.25, -0.2) is 8.42 Å². The minimum atomic E-state index is -3.71. The third-order valence-electron chi connectivity index (χ3n) is 4.82. The molecule has 0 saturated carbocycles. The zero-order valence-corrected chi connectivity index (χ0v) is 17.7. The second-order valence-corrected chi connectivity index (χ2v) is 8.63. The number of amides is 1. The minimum absolute atomic E-state index is 0.177. The second-order valence-electron chi connectivity index (χ2n) is 6.95. The van der Waals surface area contributed by atoms with Crippen LogP contribution in [0, 0.1) is 20.8 Å². The number of anilines is 2. The van der Waals surface area contributed by atoms with Gasteiger partial charge in [-0.15, -0.1) is 0 Å². The molecule has 7 nitrogen and oxygen atoms in total. The Hall–Kier alpha value is -3.13. The van der Waals surface area contributed by atoms with Crippen LogP contribution in [0.5, 0.6) is 0 Å². The van der Waals surface area contributed by atoms with Crippen LogP contribution in [0.2, 0.25) is 0 Å². The van der Waals surface area contributed by atoms with Crippen LogP contribution in [0.4, 0.5) is 11.4 Å². The van der Waals surface area contributed by atoms with E-state index in [1.807, 2.05) is 20.9 Å². The average molecular weight is 413 g/mol. The Morgan fingerprint density at radius 3 is 2.38 bits per heavy atom. The predicted molar refractivity (Wildman–Crippen MR) is 113 cm³/mol. The smallest absolute Gasteiger partial charge is 0.261 e. The van der Waals surface area contributed by atoms with Gasteiger partial charge in [0.1, 0.15) is 0 Å². The van der Waals surface area contributed by atoms with E-state index in [-0.39, 0.29) is 17.2 Å². The summed E-state index contributed by atoms with van der Waals surface area (Å²) in [5, 5.41) is 7.16. The fourth-order valence-corrected chi connectivity index (χ4v) is 4.19. The number of benzene rings is 2. The molecule has 0 radical (unpaired) electrons. The molecule has 0 fully saturated rings. The number of aromatic nitrogens is 2. The van der Waals surface area contributed by atoms with Crippen LogP contribution in [-0.2, 0) is 28.3 Å².